The summed E-state index contributed by atoms with van der Waals surface area (Å²) >= 11 is 0. The number of rotatable bonds is 4. The molecule has 2 nitrogen and oxygen atoms in total. The highest BCUT2D eigenvalue weighted by Crippen LogP contribution is 2.22. The van der Waals surface area contributed by atoms with Crippen molar-refractivity contribution in [2.75, 3.05) is 26.3 Å². The largest absolute Gasteiger partial charge is 0.379 e. The Morgan fingerprint density at radius 2 is 1.67 bits per heavy atom. The fourth-order valence-electron chi connectivity index (χ4n) is 2.68. The second kappa shape index (κ2) is 6.70. The Bertz CT molecular complexity index is 600. The smallest absolute Gasteiger partial charge is 0.0594 e. The van der Waals surface area contributed by atoms with Gasteiger partial charge in [0.25, 0.3) is 0 Å². The van der Waals surface area contributed by atoms with Crippen LogP contribution in [0, 0.1) is 0 Å². The van der Waals surface area contributed by atoms with Crippen molar-refractivity contribution in [1.29, 1.82) is 0 Å². The van der Waals surface area contributed by atoms with Gasteiger partial charge in [-0.25, -0.2) is 0 Å². The summed E-state index contributed by atoms with van der Waals surface area (Å²) in [6.45, 7) is 8.96. The molecule has 2 aromatic carbocycles. The molecular weight excluding hydrogens is 258 g/mol. The molecule has 1 aliphatic heterocycles. The van der Waals surface area contributed by atoms with Crippen LogP contribution in [0.4, 0.5) is 0 Å². The van der Waals surface area contributed by atoms with Crippen molar-refractivity contribution >= 4 is 5.57 Å². The Balaban J connectivity index is 1.75. The topological polar surface area (TPSA) is 12.5 Å². The van der Waals surface area contributed by atoms with E-state index in [0.717, 1.165) is 38.4 Å². The van der Waals surface area contributed by atoms with Crippen LogP contribution in [-0.4, -0.2) is 31.2 Å². The maximum absolute atomic E-state index is 5.40. The van der Waals surface area contributed by atoms with Crippen molar-refractivity contribution in [3.05, 3.63) is 77.9 Å². The van der Waals surface area contributed by atoms with Gasteiger partial charge in [0.15, 0.2) is 0 Å². The second-order valence-corrected chi connectivity index (χ2v) is 5.43. The molecule has 3 rings (SSSR count). The van der Waals surface area contributed by atoms with Crippen LogP contribution in [0.2, 0.25) is 0 Å². The summed E-state index contributed by atoms with van der Waals surface area (Å²) < 4.78 is 5.40. The third kappa shape index (κ3) is 3.60. The first-order valence-corrected chi connectivity index (χ1v) is 7.47. The molecule has 0 bridgehead atoms. The molecule has 0 aliphatic carbocycles. The van der Waals surface area contributed by atoms with E-state index in [0.29, 0.717) is 0 Å². The first-order valence-electron chi connectivity index (χ1n) is 7.47. The number of ether oxygens (including phenoxy) is 1. The van der Waals surface area contributed by atoms with Gasteiger partial charge >= 0.3 is 0 Å². The molecule has 0 atom stereocenters. The zero-order chi connectivity index (χ0) is 14.5. The third-order valence-corrected chi connectivity index (χ3v) is 3.91. The van der Waals surface area contributed by atoms with Crippen molar-refractivity contribution in [3.8, 4) is 0 Å². The zero-order valence-electron chi connectivity index (χ0n) is 12.3. The molecule has 0 saturated carbocycles. The second-order valence-electron chi connectivity index (χ2n) is 5.43. The van der Waals surface area contributed by atoms with Crippen molar-refractivity contribution in [2.24, 2.45) is 0 Å². The minimum atomic E-state index is 0.844. The fourth-order valence-corrected chi connectivity index (χ4v) is 2.68. The maximum atomic E-state index is 5.40. The fraction of sp³-hybridized carbons (Fsp3) is 0.263. The molecule has 21 heavy (non-hydrogen) atoms. The summed E-state index contributed by atoms with van der Waals surface area (Å²) in [6.07, 6.45) is 0. The summed E-state index contributed by atoms with van der Waals surface area (Å²) in [7, 11) is 0. The van der Waals surface area contributed by atoms with Crippen LogP contribution < -0.4 is 0 Å². The van der Waals surface area contributed by atoms with E-state index in [-0.39, 0.29) is 0 Å². The number of benzene rings is 2. The number of hydrogen-bond acceptors (Lipinski definition) is 2. The van der Waals surface area contributed by atoms with Gasteiger partial charge in [-0.3, -0.25) is 4.90 Å². The van der Waals surface area contributed by atoms with Gasteiger partial charge in [0.05, 0.1) is 13.2 Å². The van der Waals surface area contributed by atoms with E-state index in [1.165, 1.54) is 16.7 Å². The molecule has 1 saturated heterocycles. The lowest BCUT2D eigenvalue weighted by atomic mass is 9.98. The average molecular weight is 279 g/mol. The highest BCUT2D eigenvalue weighted by atomic mass is 16.5. The minimum Gasteiger partial charge on any atom is -0.379 e. The summed E-state index contributed by atoms with van der Waals surface area (Å²) in [6, 6.07) is 19.1. The summed E-state index contributed by atoms with van der Waals surface area (Å²) in [4.78, 5) is 2.44. The van der Waals surface area contributed by atoms with Gasteiger partial charge in [0, 0.05) is 19.6 Å². The number of hydrogen-bond donors (Lipinski definition) is 0. The van der Waals surface area contributed by atoms with E-state index in [2.05, 4.69) is 60.0 Å². The molecule has 1 heterocycles. The van der Waals surface area contributed by atoms with Crippen molar-refractivity contribution in [1.82, 2.24) is 4.90 Å². The number of nitrogens with zero attached hydrogens (tertiary/aromatic N) is 1. The SMILES string of the molecule is C=C(c1ccccc1)c1cccc(CN2CCOCC2)c1. The zero-order valence-corrected chi connectivity index (χ0v) is 12.3. The molecule has 2 aromatic rings. The van der Waals surface area contributed by atoms with Crippen molar-refractivity contribution in [3.63, 3.8) is 0 Å². The van der Waals surface area contributed by atoms with E-state index in [4.69, 9.17) is 4.74 Å². The van der Waals surface area contributed by atoms with E-state index in [1.54, 1.807) is 0 Å². The highest BCUT2D eigenvalue weighted by Gasteiger charge is 2.11. The summed E-state index contributed by atoms with van der Waals surface area (Å²) in [5, 5.41) is 0. The Labute approximate surface area is 126 Å². The molecule has 0 aromatic heterocycles. The Morgan fingerprint density at radius 1 is 0.952 bits per heavy atom. The first-order chi connectivity index (χ1) is 10.3. The van der Waals surface area contributed by atoms with Crippen LogP contribution in [0.25, 0.3) is 5.57 Å². The standard InChI is InChI=1S/C19H21NO/c1-16(18-7-3-2-4-8-18)19-9-5-6-17(14-19)15-20-10-12-21-13-11-20/h2-9,14H,1,10-13,15H2. The molecule has 0 amide bonds. The van der Waals surface area contributed by atoms with Crippen LogP contribution in [0.3, 0.4) is 0 Å². The molecule has 0 N–H and O–H groups in total. The normalized spacial score (nSPS) is 15.8. The molecule has 0 radical (unpaired) electrons. The maximum Gasteiger partial charge on any atom is 0.0594 e. The Morgan fingerprint density at radius 3 is 2.43 bits per heavy atom. The molecular formula is C19H21NO. The number of morpholine rings is 1. The van der Waals surface area contributed by atoms with Crippen molar-refractivity contribution < 1.29 is 4.74 Å². The van der Waals surface area contributed by atoms with Gasteiger partial charge < -0.3 is 4.74 Å². The lowest BCUT2D eigenvalue weighted by Gasteiger charge is -2.26. The van der Waals surface area contributed by atoms with Gasteiger partial charge in [0.2, 0.25) is 0 Å². The molecule has 1 fully saturated rings. The molecule has 2 heteroatoms. The highest BCUT2D eigenvalue weighted by molar-refractivity contribution is 5.78. The quantitative estimate of drug-likeness (QED) is 0.848. The van der Waals surface area contributed by atoms with Gasteiger partial charge in [-0.15, -0.1) is 0 Å². The predicted molar refractivity (Wildman–Crippen MR) is 87.1 cm³/mol. The predicted octanol–water partition coefficient (Wildman–Crippen LogP) is 3.58. The van der Waals surface area contributed by atoms with E-state index in [1.807, 2.05) is 6.07 Å². The average Bonchev–Trinajstić information content (AvgIpc) is 2.56. The monoisotopic (exact) mass is 279 g/mol. The first kappa shape index (κ1) is 14.1. The summed E-state index contributed by atoms with van der Waals surface area (Å²) in [5.41, 5.74) is 4.80. The molecule has 0 unspecified atom stereocenters. The molecule has 0 spiro atoms. The Kier molecular flexibility index (Phi) is 4.49. The minimum absolute atomic E-state index is 0.844. The van der Waals surface area contributed by atoms with Gasteiger partial charge in [-0.2, -0.15) is 0 Å². The van der Waals surface area contributed by atoms with E-state index < -0.39 is 0 Å². The van der Waals surface area contributed by atoms with Crippen LogP contribution in [0.5, 0.6) is 0 Å². The van der Waals surface area contributed by atoms with Crippen molar-refractivity contribution in [2.45, 2.75) is 6.54 Å². The third-order valence-electron chi connectivity index (χ3n) is 3.91. The summed E-state index contributed by atoms with van der Waals surface area (Å²) in [5.74, 6) is 0. The van der Waals surface area contributed by atoms with Gasteiger partial charge in [-0.05, 0) is 28.3 Å². The van der Waals surface area contributed by atoms with Gasteiger partial charge in [-0.1, -0.05) is 55.1 Å². The van der Waals surface area contributed by atoms with Crippen LogP contribution in [-0.2, 0) is 11.3 Å². The van der Waals surface area contributed by atoms with Crippen LogP contribution >= 0.6 is 0 Å². The lowest BCUT2D eigenvalue weighted by molar-refractivity contribution is 0.0342. The lowest BCUT2D eigenvalue weighted by Crippen LogP contribution is -2.35. The Hall–Kier alpha value is -1.90. The van der Waals surface area contributed by atoms with Crippen LogP contribution in [0.1, 0.15) is 16.7 Å². The molecule has 108 valence electrons. The van der Waals surface area contributed by atoms with E-state index >= 15 is 0 Å². The van der Waals surface area contributed by atoms with E-state index in [9.17, 15) is 0 Å². The molecule has 1 aliphatic rings. The van der Waals surface area contributed by atoms with Crippen LogP contribution in [0.15, 0.2) is 61.2 Å². The van der Waals surface area contributed by atoms with Gasteiger partial charge in [0.1, 0.15) is 0 Å².